The number of alkyl halides is 1. The van der Waals surface area contributed by atoms with E-state index in [-0.39, 0.29) is 11.4 Å². The first-order valence-corrected chi connectivity index (χ1v) is 8.30. The summed E-state index contributed by atoms with van der Waals surface area (Å²) in [6.45, 7) is 4.06. The third-order valence-electron chi connectivity index (χ3n) is 2.90. The summed E-state index contributed by atoms with van der Waals surface area (Å²) in [5.74, 6) is 0.824. The lowest BCUT2D eigenvalue weighted by Gasteiger charge is -2.16. The molecular weight excluding hydrogens is 272 g/mol. The lowest BCUT2D eigenvalue weighted by molar-refractivity contribution is 0.138. The molecule has 1 atom stereocenters. The third kappa shape index (κ3) is 3.18. The molecule has 0 fully saturated rings. The summed E-state index contributed by atoms with van der Waals surface area (Å²) in [6, 6.07) is 5.66. The maximum absolute atomic E-state index is 11.2. The van der Waals surface area contributed by atoms with E-state index in [0.29, 0.717) is 0 Å². The lowest BCUT2D eigenvalue weighted by atomic mass is 9.99. The van der Waals surface area contributed by atoms with Crippen molar-refractivity contribution in [3.8, 4) is 5.75 Å². The zero-order valence-corrected chi connectivity index (χ0v) is 12.3. The standard InChI is InChI=1S/C13H17ClO3S/c1-13(2)7-10-6-9(4-5-12(10)17-13)11(14)8-18(3,15)16/h4-6,11H,7-8H2,1-3H3. The van der Waals surface area contributed by atoms with Crippen LogP contribution in [0, 0.1) is 0 Å². The van der Waals surface area contributed by atoms with Gasteiger partial charge in [0.15, 0.2) is 0 Å². The molecule has 3 nitrogen and oxygen atoms in total. The van der Waals surface area contributed by atoms with Gasteiger partial charge in [0, 0.05) is 12.7 Å². The maximum atomic E-state index is 11.2. The number of hydrogen-bond donors (Lipinski definition) is 0. The van der Waals surface area contributed by atoms with E-state index in [1.54, 1.807) is 0 Å². The number of rotatable bonds is 3. The molecule has 1 aliphatic heterocycles. The fourth-order valence-electron chi connectivity index (χ4n) is 2.19. The predicted molar refractivity (Wildman–Crippen MR) is 73.2 cm³/mol. The molecule has 5 heteroatoms. The molecule has 0 saturated heterocycles. The number of hydrogen-bond acceptors (Lipinski definition) is 3. The van der Waals surface area contributed by atoms with Crippen molar-refractivity contribution in [3.05, 3.63) is 29.3 Å². The summed E-state index contributed by atoms with van der Waals surface area (Å²) in [4.78, 5) is 0. The zero-order valence-electron chi connectivity index (χ0n) is 10.7. The minimum Gasteiger partial charge on any atom is -0.487 e. The highest BCUT2D eigenvalue weighted by Crippen LogP contribution is 2.37. The quantitative estimate of drug-likeness (QED) is 0.803. The molecule has 0 amide bonds. The Morgan fingerprint density at radius 3 is 2.72 bits per heavy atom. The van der Waals surface area contributed by atoms with Crippen LogP contribution in [0.4, 0.5) is 0 Å². The molecular formula is C13H17ClO3S. The van der Waals surface area contributed by atoms with Gasteiger partial charge in [-0.15, -0.1) is 11.6 Å². The summed E-state index contributed by atoms with van der Waals surface area (Å²) >= 11 is 6.14. The van der Waals surface area contributed by atoms with E-state index >= 15 is 0 Å². The number of benzene rings is 1. The van der Waals surface area contributed by atoms with Gasteiger partial charge in [-0.05, 0) is 31.0 Å². The van der Waals surface area contributed by atoms with E-state index in [4.69, 9.17) is 16.3 Å². The van der Waals surface area contributed by atoms with E-state index in [9.17, 15) is 8.42 Å². The Morgan fingerprint density at radius 1 is 1.44 bits per heavy atom. The highest BCUT2D eigenvalue weighted by Gasteiger charge is 2.30. The van der Waals surface area contributed by atoms with Gasteiger partial charge in [0.25, 0.3) is 0 Å². The van der Waals surface area contributed by atoms with Crippen LogP contribution in [0.1, 0.15) is 30.4 Å². The Labute approximate surface area is 113 Å². The molecule has 1 aromatic carbocycles. The normalized spacial score (nSPS) is 19.1. The summed E-state index contributed by atoms with van der Waals surface area (Å²) < 4.78 is 28.3. The van der Waals surface area contributed by atoms with Gasteiger partial charge < -0.3 is 4.74 Å². The van der Waals surface area contributed by atoms with Crippen molar-refractivity contribution in [2.75, 3.05) is 12.0 Å². The Hall–Kier alpha value is -0.740. The highest BCUT2D eigenvalue weighted by atomic mass is 35.5. The summed E-state index contributed by atoms with van der Waals surface area (Å²) in [7, 11) is -3.07. The summed E-state index contributed by atoms with van der Waals surface area (Å²) in [6.07, 6.45) is 2.01. The number of halogens is 1. The SMILES string of the molecule is CC1(C)Cc2cc(C(Cl)CS(C)(=O)=O)ccc2O1. The van der Waals surface area contributed by atoms with Crippen molar-refractivity contribution < 1.29 is 13.2 Å². The smallest absolute Gasteiger partial charge is 0.149 e. The first-order valence-electron chi connectivity index (χ1n) is 5.80. The van der Waals surface area contributed by atoms with E-state index in [0.717, 1.165) is 23.3 Å². The fourth-order valence-corrected chi connectivity index (χ4v) is 3.73. The molecule has 18 heavy (non-hydrogen) atoms. The fraction of sp³-hybridized carbons (Fsp3) is 0.538. The summed E-state index contributed by atoms with van der Waals surface area (Å²) in [5, 5.41) is -0.506. The molecule has 0 N–H and O–H groups in total. The minimum atomic E-state index is -3.07. The van der Waals surface area contributed by atoms with Gasteiger partial charge in [-0.1, -0.05) is 12.1 Å². The Kier molecular flexibility index (Phi) is 3.36. The molecule has 1 aliphatic rings. The molecule has 1 heterocycles. The van der Waals surface area contributed by atoms with Crippen molar-refractivity contribution in [1.82, 2.24) is 0 Å². The largest absolute Gasteiger partial charge is 0.487 e. The van der Waals surface area contributed by atoms with Gasteiger partial charge >= 0.3 is 0 Å². The first-order chi connectivity index (χ1) is 8.16. The number of sulfone groups is 1. The molecule has 0 radical (unpaired) electrons. The van der Waals surface area contributed by atoms with Crippen LogP contribution >= 0.6 is 11.6 Å². The van der Waals surface area contributed by atoms with Gasteiger partial charge in [0.2, 0.25) is 0 Å². The van der Waals surface area contributed by atoms with Gasteiger partial charge in [0.1, 0.15) is 21.2 Å². The van der Waals surface area contributed by atoms with Crippen molar-refractivity contribution in [2.24, 2.45) is 0 Å². The van der Waals surface area contributed by atoms with Crippen LogP contribution in [-0.2, 0) is 16.3 Å². The van der Waals surface area contributed by atoms with Gasteiger partial charge in [-0.3, -0.25) is 0 Å². The van der Waals surface area contributed by atoms with Crippen LogP contribution in [0.15, 0.2) is 18.2 Å². The molecule has 0 aliphatic carbocycles. The van der Waals surface area contributed by atoms with Gasteiger partial charge in [-0.2, -0.15) is 0 Å². The van der Waals surface area contributed by atoms with Crippen molar-refractivity contribution in [3.63, 3.8) is 0 Å². The van der Waals surface area contributed by atoms with Crippen LogP contribution in [0.25, 0.3) is 0 Å². The Balaban J connectivity index is 2.24. The third-order valence-corrected chi connectivity index (χ3v) is 4.43. The molecule has 1 unspecified atom stereocenters. The summed E-state index contributed by atoms with van der Waals surface area (Å²) in [5.41, 5.74) is 1.73. The highest BCUT2D eigenvalue weighted by molar-refractivity contribution is 7.90. The number of fused-ring (bicyclic) bond motifs is 1. The van der Waals surface area contributed by atoms with Crippen LogP contribution in [0.3, 0.4) is 0 Å². The first kappa shape index (κ1) is 13.7. The van der Waals surface area contributed by atoms with Crippen LogP contribution in [0.2, 0.25) is 0 Å². The molecule has 0 saturated carbocycles. The second kappa shape index (κ2) is 4.42. The van der Waals surface area contributed by atoms with Crippen molar-refractivity contribution in [1.29, 1.82) is 0 Å². The van der Waals surface area contributed by atoms with Gasteiger partial charge in [-0.25, -0.2) is 8.42 Å². The lowest BCUT2D eigenvalue weighted by Crippen LogP contribution is -2.24. The molecule has 0 spiro atoms. The second-order valence-corrected chi connectivity index (χ2v) is 8.18. The maximum Gasteiger partial charge on any atom is 0.149 e. The van der Waals surface area contributed by atoms with Crippen LogP contribution < -0.4 is 4.74 Å². The average molecular weight is 289 g/mol. The molecule has 0 aromatic heterocycles. The van der Waals surface area contributed by atoms with E-state index in [1.165, 1.54) is 6.26 Å². The Bertz CT molecular complexity index is 564. The Morgan fingerprint density at radius 2 is 2.11 bits per heavy atom. The second-order valence-electron chi connectivity index (χ2n) is 5.47. The topological polar surface area (TPSA) is 43.4 Å². The van der Waals surface area contributed by atoms with E-state index < -0.39 is 15.2 Å². The average Bonchev–Trinajstić information content (AvgIpc) is 2.47. The van der Waals surface area contributed by atoms with Gasteiger partial charge in [0.05, 0.1) is 11.1 Å². The van der Waals surface area contributed by atoms with Crippen LogP contribution in [0.5, 0.6) is 5.75 Å². The van der Waals surface area contributed by atoms with Crippen molar-refractivity contribution >= 4 is 21.4 Å². The van der Waals surface area contributed by atoms with Crippen molar-refractivity contribution in [2.45, 2.75) is 31.2 Å². The molecule has 2 rings (SSSR count). The van der Waals surface area contributed by atoms with E-state index in [2.05, 4.69) is 0 Å². The van der Waals surface area contributed by atoms with Crippen LogP contribution in [-0.4, -0.2) is 26.0 Å². The predicted octanol–water partition coefficient (Wildman–Crippen LogP) is 2.72. The molecule has 0 bridgehead atoms. The van der Waals surface area contributed by atoms with E-state index in [1.807, 2.05) is 32.0 Å². The number of ether oxygens (including phenoxy) is 1. The minimum absolute atomic E-state index is 0.0441. The zero-order chi connectivity index (χ0) is 13.6. The molecule has 1 aromatic rings. The molecule has 100 valence electrons. The monoisotopic (exact) mass is 288 g/mol.